The fourth-order valence-corrected chi connectivity index (χ4v) is 2.04. The number of carbonyl (C=O) groups is 1. The summed E-state index contributed by atoms with van der Waals surface area (Å²) in [6, 6.07) is -0.0993. The third kappa shape index (κ3) is 3.38. The molecule has 0 saturated heterocycles. The van der Waals surface area contributed by atoms with E-state index in [1.807, 2.05) is 13.8 Å². The molecule has 0 bridgehead atoms. The van der Waals surface area contributed by atoms with E-state index in [2.05, 4.69) is 5.32 Å². The number of aliphatic hydroxyl groups is 1. The SMILES string of the molecule is CCN(CC)C(=O)NC1CCCCC1O. The molecule has 1 aliphatic carbocycles. The van der Waals surface area contributed by atoms with Crippen LogP contribution in [-0.2, 0) is 0 Å². The van der Waals surface area contributed by atoms with Crippen LogP contribution in [0.15, 0.2) is 0 Å². The van der Waals surface area contributed by atoms with Gasteiger partial charge in [-0.2, -0.15) is 0 Å². The summed E-state index contributed by atoms with van der Waals surface area (Å²) in [6.07, 6.45) is 3.51. The van der Waals surface area contributed by atoms with Gasteiger partial charge in [0.05, 0.1) is 12.1 Å². The van der Waals surface area contributed by atoms with Crippen molar-refractivity contribution in [2.75, 3.05) is 13.1 Å². The van der Waals surface area contributed by atoms with Crippen molar-refractivity contribution < 1.29 is 9.90 Å². The molecule has 0 heterocycles. The van der Waals surface area contributed by atoms with Gasteiger partial charge in [0.15, 0.2) is 0 Å². The zero-order chi connectivity index (χ0) is 11.3. The molecule has 2 N–H and O–H groups in total. The average Bonchev–Trinajstić information content (AvgIpc) is 2.23. The van der Waals surface area contributed by atoms with Crippen LogP contribution in [0.2, 0.25) is 0 Å². The van der Waals surface area contributed by atoms with E-state index in [-0.39, 0.29) is 18.2 Å². The molecule has 2 amide bonds. The fraction of sp³-hybridized carbons (Fsp3) is 0.909. The molecule has 88 valence electrons. The quantitative estimate of drug-likeness (QED) is 0.745. The lowest BCUT2D eigenvalue weighted by molar-refractivity contribution is 0.0903. The summed E-state index contributed by atoms with van der Waals surface area (Å²) in [6.45, 7) is 5.34. The van der Waals surface area contributed by atoms with E-state index in [0.717, 1.165) is 25.7 Å². The first-order valence-electron chi connectivity index (χ1n) is 5.92. The normalized spacial score (nSPS) is 26.1. The van der Waals surface area contributed by atoms with Crippen LogP contribution in [0.4, 0.5) is 4.79 Å². The average molecular weight is 214 g/mol. The lowest BCUT2D eigenvalue weighted by Gasteiger charge is -2.30. The smallest absolute Gasteiger partial charge is 0.317 e. The van der Waals surface area contributed by atoms with Crippen molar-refractivity contribution in [3.8, 4) is 0 Å². The van der Waals surface area contributed by atoms with Crippen LogP contribution >= 0.6 is 0 Å². The maximum Gasteiger partial charge on any atom is 0.317 e. The van der Waals surface area contributed by atoms with Gasteiger partial charge in [-0.05, 0) is 26.7 Å². The first-order chi connectivity index (χ1) is 7.19. The Morgan fingerprint density at radius 3 is 2.47 bits per heavy atom. The van der Waals surface area contributed by atoms with Crippen molar-refractivity contribution in [2.24, 2.45) is 0 Å². The zero-order valence-electron chi connectivity index (χ0n) is 9.70. The minimum absolute atomic E-state index is 0.0492. The van der Waals surface area contributed by atoms with Crippen LogP contribution in [0.5, 0.6) is 0 Å². The second-order valence-electron chi connectivity index (χ2n) is 4.08. The Hall–Kier alpha value is -0.770. The van der Waals surface area contributed by atoms with Gasteiger partial charge >= 0.3 is 6.03 Å². The second-order valence-corrected chi connectivity index (χ2v) is 4.08. The molecule has 1 aliphatic rings. The summed E-state index contributed by atoms with van der Waals surface area (Å²) < 4.78 is 0. The highest BCUT2D eigenvalue weighted by molar-refractivity contribution is 5.74. The van der Waals surface area contributed by atoms with E-state index < -0.39 is 0 Å². The molecular formula is C11H22N2O2. The summed E-state index contributed by atoms with van der Waals surface area (Å²) in [5.41, 5.74) is 0. The fourth-order valence-electron chi connectivity index (χ4n) is 2.04. The lowest BCUT2D eigenvalue weighted by atomic mass is 9.93. The molecule has 15 heavy (non-hydrogen) atoms. The van der Waals surface area contributed by atoms with Gasteiger partial charge in [-0.15, -0.1) is 0 Å². The molecule has 1 rings (SSSR count). The van der Waals surface area contributed by atoms with Gasteiger partial charge in [0, 0.05) is 13.1 Å². The van der Waals surface area contributed by atoms with Gasteiger partial charge in [-0.1, -0.05) is 12.8 Å². The lowest BCUT2D eigenvalue weighted by Crippen LogP contribution is -2.50. The van der Waals surface area contributed by atoms with Crippen molar-refractivity contribution in [1.29, 1.82) is 0 Å². The summed E-state index contributed by atoms with van der Waals surface area (Å²) in [7, 11) is 0. The van der Waals surface area contributed by atoms with Gasteiger partial charge in [0.25, 0.3) is 0 Å². The molecule has 0 aromatic heterocycles. The Morgan fingerprint density at radius 2 is 1.93 bits per heavy atom. The van der Waals surface area contributed by atoms with E-state index >= 15 is 0 Å². The highest BCUT2D eigenvalue weighted by Crippen LogP contribution is 2.18. The van der Waals surface area contributed by atoms with E-state index in [1.165, 1.54) is 0 Å². The van der Waals surface area contributed by atoms with Crippen LogP contribution < -0.4 is 5.32 Å². The predicted octanol–water partition coefficient (Wildman–Crippen LogP) is 1.34. The maximum absolute atomic E-state index is 11.7. The van der Waals surface area contributed by atoms with E-state index in [0.29, 0.717) is 13.1 Å². The van der Waals surface area contributed by atoms with Crippen molar-refractivity contribution in [3.63, 3.8) is 0 Å². The zero-order valence-corrected chi connectivity index (χ0v) is 9.70. The summed E-state index contributed by atoms with van der Waals surface area (Å²) >= 11 is 0. The Labute approximate surface area is 91.6 Å². The highest BCUT2D eigenvalue weighted by atomic mass is 16.3. The maximum atomic E-state index is 11.7. The molecule has 0 radical (unpaired) electrons. The van der Waals surface area contributed by atoms with Crippen molar-refractivity contribution in [2.45, 2.75) is 51.7 Å². The Bertz CT molecular complexity index is 205. The highest BCUT2D eigenvalue weighted by Gasteiger charge is 2.25. The van der Waals surface area contributed by atoms with Crippen LogP contribution in [0.1, 0.15) is 39.5 Å². The van der Waals surface area contributed by atoms with Gasteiger partial charge in [-0.25, -0.2) is 4.79 Å². The number of nitrogens with one attached hydrogen (secondary N) is 1. The van der Waals surface area contributed by atoms with Crippen LogP contribution in [-0.4, -0.2) is 41.3 Å². The molecular weight excluding hydrogens is 192 g/mol. The van der Waals surface area contributed by atoms with Gasteiger partial charge in [0.2, 0.25) is 0 Å². The molecule has 0 spiro atoms. The van der Waals surface area contributed by atoms with E-state index in [1.54, 1.807) is 4.90 Å². The molecule has 1 saturated carbocycles. The Balaban J connectivity index is 2.41. The number of nitrogens with zero attached hydrogens (tertiary/aromatic N) is 1. The molecule has 0 aromatic rings. The number of aliphatic hydroxyl groups excluding tert-OH is 1. The number of amides is 2. The minimum Gasteiger partial charge on any atom is -0.391 e. The standard InChI is InChI=1S/C11H22N2O2/c1-3-13(4-2)11(15)12-9-7-5-6-8-10(9)14/h9-10,14H,3-8H2,1-2H3,(H,12,15). The van der Waals surface area contributed by atoms with Gasteiger partial charge < -0.3 is 15.3 Å². The molecule has 2 unspecified atom stereocenters. The Morgan fingerprint density at radius 1 is 1.33 bits per heavy atom. The first kappa shape index (κ1) is 12.3. The van der Waals surface area contributed by atoms with E-state index in [9.17, 15) is 9.90 Å². The summed E-state index contributed by atoms with van der Waals surface area (Å²) in [5.74, 6) is 0. The predicted molar refractivity (Wildman–Crippen MR) is 59.7 cm³/mol. The van der Waals surface area contributed by atoms with Gasteiger partial charge in [-0.3, -0.25) is 0 Å². The molecule has 4 nitrogen and oxygen atoms in total. The molecule has 0 aromatic carbocycles. The van der Waals surface area contributed by atoms with Gasteiger partial charge in [0.1, 0.15) is 0 Å². The van der Waals surface area contributed by atoms with Crippen molar-refractivity contribution >= 4 is 6.03 Å². The van der Waals surface area contributed by atoms with Crippen molar-refractivity contribution in [3.05, 3.63) is 0 Å². The number of carbonyl (C=O) groups excluding carboxylic acids is 1. The van der Waals surface area contributed by atoms with Crippen molar-refractivity contribution in [1.82, 2.24) is 10.2 Å². The van der Waals surface area contributed by atoms with Crippen LogP contribution in [0, 0.1) is 0 Å². The molecule has 0 aliphatic heterocycles. The Kier molecular flexibility index (Phi) is 4.88. The third-order valence-electron chi connectivity index (χ3n) is 3.09. The summed E-state index contributed by atoms with van der Waals surface area (Å²) in [4.78, 5) is 13.5. The molecule has 2 atom stereocenters. The number of hydrogen-bond acceptors (Lipinski definition) is 2. The second kappa shape index (κ2) is 5.95. The number of urea groups is 1. The third-order valence-corrected chi connectivity index (χ3v) is 3.09. The van der Waals surface area contributed by atoms with E-state index in [4.69, 9.17) is 0 Å². The number of hydrogen-bond donors (Lipinski definition) is 2. The first-order valence-corrected chi connectivity index (χ1v) is 5.92. The topological polar surface area (TPSA) is 52.6 Å². The van der Waals surface area contributed by atoms with Crippen LogP contribution in [0.3, 0.4) is 0 Å². The monoisotopic (exact) mass is 214 g/mol. The minimum atomic E-state index is -0.363. The molecule has 4 heteroatoms. The molecule has 1 fully saturated rings. The summed E-state index contributed by atoms with van der Waals surface area (Å²) in [5, 5.41) is 12.6. The number of rotatable bonds is 3. The largest absolute Gasteiger partial charge is 0.391 e. The van der Waals surface area contributed by atoms with Crippen LogP contribution in [0.25, 0.3) is 0 Å².